The third-order valence-electron chi connectivity index (χ3n) is 0.984. The summed E-state index contributed by atoms with van der Waals surface area (Å²) in [6, 6.07) is 0. The van der Waals surface area contributed by atoms with Crippen molar-refractivity contribution in [2.45, 2.75) is 5.03 Å². The first-order valence-electron chi connectivity index (χ1n) is 2.80. The second-order valence-corrected chi connectivity index (χ2v) is 2.63. The summed E-state index contributed by atoms with van der Waals surface area (Å²) >= 11 is 5.94. The minimum atomic E-state index is 0.498. The summed E-state index contributed by atoms with van der Waals surface area (Å²) in [5, 5.41) is 3.09. The predicted molar refractivity (Wildman–Crippen MR) is 48.5 cm³/mol. The molecular formula is C6H5N3S2. The molecule has 0 radical (unpaired) electrons. The maximum atomic E-state index is 4.41. The first-order valence-corrected chi connectivity index (χ1v) is 4.44. The van der Waals surface area contributed by atoms with Crippen molar-refractivity contribution < 1.29 is 0 Å². The molecule has 0 aromatic carbocycles. The van der Waals surface area contributed by atoms with Crippen LogP contribution in [-0.4, -0.2) is 21.4 Å². The molecule has 1 aromatic rings. The van der Waals surface area contributed by atoms with Crippen LogP contribution in [0.3, 0.4) is 0 Å². The molecule has 0 saturated heterocycles. The molecule has 0 bridgehead atoms. The maximum absolute atomic E-state index is 4.41. The number of nitrogens with zero attached hydrogens (tertiary/aromatic N) is 3. The van der Waals surface area contributed by atoms with Crippen LogP contribution in [0.4, 0.5) is 5.82 Å². The number of aromatic nitrogens is 2. The van der Waals surface area contributed by atoms with E-state index in [0.29, 0.717) is 5.82 Å². The molecular weight excluding hydrogens is 178 g/mol. The first kappa shape index (κ1) is 8.33. The van der Waals surface area contributed by atoms with Crippen LogP contribution in [0.15, 0.2) is 22.4 Å². The summed E-state index contributed by atoms with van der Waals surface area (Å²) in [7, 11) is 0. The quantitative estimate of drug-likeness (QED) is 0.399. The number of hydrogen-bond donors (Lipinski definition) is 0. The first-order chi connectivity index (χ1) is 5.36. The second kappa shape index (κ2) is 4.18. The molecule has 1 aromatic heterocycles. The van der Waals surface area contributed by atoms with E-state index in [1.165, 1.54) is 11.8 Å². The SMILES string of the molecule is CSc1cnc(N=C=S)cn1. The number of rotatable bonds is 2. The summed E-state index contributed by atoms with van der Waals surface area (Å²) in [4.78, 5) is 11.7. The summed E-state index contributed by atoms with van der Waals surface area (Å²) < 4.78 is 0. The largest absolute Gasteiger partial charge is 0.244 e. The van der Waals surface area contributed by atoms with Crippen molar-refractivity contribution in [2.75, 3.05) is 6.26 Å². The Kier molecular flexibility index (Phi) is 3.16. The van der Waals surface area contributed by atoms with Crippen LogP contribution in [0.5, 0.6) is 0 Å². The molecule has 1 heterocycles. The van der Waals surface area contributed by atoms with E-state index >= 15 is 0 Å². The average molecular weight is 183 g/mol. The molecule has 56 valence electrons. The van der Waals surface area contributed by atoms with Gasteiger partial charge >= 0.3 is 0 Å². The molecule has 5 heteroatoms. The molecule has 0 spiro atoms. The minimum absolute atomic E-state index is 0.498. The molecule has 0 aliphatic carbocycles. The molecule has 0 N–H and O–H groups in total. The van der Waals surface area contributed by atoms with Gasteiger partial charge < -0.3 is 0 Å². The van der Waals surface area contributed by atoms with Crippen molar-refractivity contribution in [1.82, 2.24) is 9.97 Å². The Hall–Kier alpha value is -0.770. The number of hydrogen-bond acceptors (Lipinski definition) is 5. The standard InChI is InChI=1S/C6H5N3S2/c1-11-6-3-7-5(2-8-6)9-4-10/h2-3H,1H3. The highest BCUT2D eigenvalue weighted by atomic mass is 32.2. The van der Waals surface area contributed by atoms with Gasteiger partial charge in [0.15, 0.2) is 5.82 Å². The molecule has 0 amide bonds. The summed E-state index contributed by atoms with van der Waals surface area (Å²) in [6.45, 7) is 0. The van der Waals surface area contributed by atoms with E-state index in [1.54, 1.807) is 12.4 Å². The van der Waals surface area contributed by atoms with Gasteiger partial charge in [-0.15, -0.1) is 11.8 Å². The number of thiocarbonyl (C=S) groups is 1. The van der Waals surface area contributed by atoms with E-state index in [1.807, 2.05) is 6.26 Å². The van der Waals surface area contributed by atoms with Crippen LogP contribution in [0.25, 0.3) is 0 Å². The zero-order valence-corrected chi connectivity index (χ0v) is 7.45. The molecule has 0 aliphatic heterocycles. The highest BCUT2D eigenvalue weighted by molar-refractivity contribution is 7.98. The van der Waals surface area contributed by atoms with Crippen molar-refractivity contribution in [3.05, 3.63) is 12.4 Å². The Balaban J connectivity index is 2.91. The van der Waals surface area contributed by atoms with E-state index in [-0.39, 0.29) is 0 Å². The van der Waals surface area contributed by atoms with E-state index in [9.17, 15) is 0 Å². The predicted octanol–water partition coefficient (Wildman–Crippen LogP) is 1.93. The van der Waals surface area contributed by atoms with Crippen molar-refractivity contribution >= 4 is 35.0 Å². The number of thioether (sulfide) groups is 1. The zero-order valence-electron chi connectivity index (χ0n) is 5.81. The fraction of sp³-hybridized carbons (Fsp3) is 0.167. The van der Waals surface area contributed by atoms with Gasteiger partial charge in [0.1, 0.15) is 5.03 Å². The fourth-order valence-corrected chi connectivity index (χ4v) is 0.929. The smallest absolute Gasteiger partial charge is 0.181 e. The molecule has 1 rings (SSSR count). The Morgan fingerprint density at radius 2 is 2.36 bits per heavy atom. The third kappa shape index (κ3) is 2.38. The Morgan fingerprint density at radius 1 is 1.55 bits per heavy atom. The summed E-state index contributed by atoms with van der Waals surface area (Å²) in [6.07, 6.45) is 5.15. The average Bonchev–Trinajstić information content (AvgIpc) is 2.07. The van der Waals surface area contributed by atoms with E-state index < -0.39 is 0 Å². The third-order valence-corrected chi connectivity index (χ3v) is 1.70. The molecule has 0 aliphatic rings. The van der Waals surface area contributed by atoms with Crippen LogP contribution in [0, 0.1) is 0 Å². The normalized spacial score (nSPS) is 8.82. The van der Waals surface area contributed by atoms with Gasteiger partial charge in [0, 0.05) is 0 Å². The van der Waals surface area contributed by atoms with Gasteiger partial charge in [0.05, 0.1) is 17.6 Å². The topological polar surface area (TPSA) is 38.1 Å². The molecule has 0 saturated carbocycles. The lowest BCUT2D eigenvalue weighted by Crippen LogP contribution is -1.80. The molecule has 0 fully saturated rings. The van der Waals surface area contributed by atoms with Gasteiger partial charge in [-0.1, -0.05) is 0 Å². The van der Waals surface area contributed by atoms with Gasteiger partial charge in [0.25, 0.3) is 0 Å². The van der Waals surface area contributed by atoms with E-state index in [4.69, 9.17) is 0 Å². The highest BCUT2D eigenvalue weighted by Gasteiger charge is 1.91. The van der Waals surface area contributed by atoms with Crippen LogP contribution in [-0.2, 0) is 0 Å². The van der Waals surface area contributed by atoms with Crippen LogP contribution < -0.4 is 0 Å². The van der Waals surface area contributed by atoms with Crippen LogP contribution in [0.2, 0.25) is 0 Å². The lowest BCUT2D eigenvalue weighted by atomic mass is 10.7. The Bertz CT molecular complexity index is 276. The Morgan fingerprint density at radius 3 is 2.82 bits per heavy atom. The van der Waals surface area contributed by atoms with Crippen molar-refractivity contribution in [1.29, 1.82) is 0 Å². The summed E-state index contributed by atoms with van der Waals surface area (Å²) in [5.41, 5.74) is 0. The fourth-order valence-electron chi connectivity index (χ4n) is 0.519. The lowest BCUT2D eigenvalue weighted by Gasteiger charge is -1.92. The van der Waals surface area contributed by atoms with Crippen molar-refractivity contribution in [3.63, 3.8) is 0 Å². The molecule has 11 heavy (non-hydrogen) atoms. The lowest BCUT2D eigenvalue weighted by molar-refractivity contribution is 1.05. The molecule has 0 atom stereocenters. The van der Waals surface area contributed by atoms with Crippen molar-refractivity contribution in [3.8, 4) is 0 Å². The zero-order chi connectivity index (χ0) is 8.10. The van der Waals surface area contributed by atoms with Gasteiger partial charge in [-0.05, 0) is 18.5 Å². The van der Waals surface area contributed by atoms with Gasteiger partial charge in [-0.2, -0.15) is 4.99 Å². The van der Waals surface area contributed by atoms with E-state index in [0.717, 1.165) is 5.03 Å². The van der Waals surface area contributed by atoms with Gasteiger partial charge in [0.2, 0.25) is 0 Å². The van der Waals surface area contributed by atoms with Gasteiger partial charge in [-0.3, -0.25) is 0 Å². The second-order valence-electron chi connectivity index (χ2n) is 1.62. The molecule has 0 unspecified atom stereocenters. The van der Waals surface area contributed by atoms with Crippen LogP contribution in [0.1, 0.15) is 0 Å². The Labute approximate surface area is 74.0 Å². The number of isothiocyanates is 1. The van der Waals surface area contributed by atoms with Crippen LogP contribution >= 0.6 is 24.0 Å². The summed E-state index contributed by atoms with van der Waals surface area (Å²) in [5.74, 6) is 0.498. The highest BCUT2D eigenvalue weighted by Crippen LogP contribution is 2.11. The number of aliphatic imine (C=N–C) groups is 1. The molecule has 3 nitrogen and oxygen atoms in total. The van der Waals surface area contributed by atoms with Crippen molar-refractivity contribution in [2.24, 2.45) is 4.99 Å². The van der Waals surface area contributed by atoms with Gasteiger partial charge in [-0.25, -0.2) is 9.97 Å². The maximum Gasteiger partial charge on any atom is 0.181 e. The van der Waals surface area contributed by atoms with E-state index in [2.05, 4.69) is 32.3 Å². The minimum Gasteiger partial charge on any atom is -0.244 e. The monoisotopic (exact) mass is 183 g/mol.